The van der Waals surface area contributed by atoms with Crippen molar-refractivity contribution >= 4 is 28.6 Å². The third kappa shape index (κ3) is 8.11. The van der Waals surface area contributed by atoms with Crippen LogP contribution in [0.5, 0.6) is 5.75 Å². The highest BCUT2D eigenvalue weighted by molar-refractivity contribution is 8.13. The topological polar surface area (TPSA) is 65.6 Å². The van der Waals surface area contributed by atoms with Crippen LogP contribution in [0.3, 0.4) is 0 Å². The molecule has 0 saturated carbocycles. The highest BCUT2D eigenvalue weighted by atomic mass is 32.2. The molecule has 0 unspecified atom stereocenters. The summed E-state index contributed by atoms with van der Waals surface area (Å²) in [6, 6.07) is 18.6. The molecule has 1 heterocycles. The summed E-state index contributed by atoms with van der Waals surface area (Å²) in [5.41, 5.74) is 8.16. The molecule has 1 fully saturated rings. The van der Waals surface area contributed by atoms with E-state index < -0.39 is 0 Å². The van der Waals surface area contributed by atoms with E-state index in [1.54, 1.807) is 23.5 Å². The van der Waals surface area contributed by atoms with Crippen LogP contribution in [-0.4, -0.2) is 53.7 Å². The van der Waals surface area contributed by atoms with Crippen LogP contribution in [0.15, 0.2) is 71.4 Å². The Balaban J connectivity index is 1.34. The molecule has 0 spiro atoms. The highest BCUT2D eigenvalue weighted by Crippen LogP contribution is 2.25. The fourth-order valence-electron chi connectivity index (χ4n) is 3.68. The molecule has 5 nitrogen and oxygen atoms in total. The van der Waals surface area contributed by atoms with Crippen molar-refractivity contribution in [3.8, 4) is 5.75 Å². The van der Waals surface area contributed by atoms with E-state index in [2.05, 4.69) is 41.5 Å². The Bertz CT molecular complexity index is 865. The van der Waals surface area contributed by atoms with Gasteiger partial charge in [-0.1, -0.05) is 42.1 Å². The zero-order chi connectivity index (χ0) is 22.8. The summed E-state index contributed by atoms with van der Waals surface area (Å²) in [5, 5.41) is 9.30. The molecular formula is C25H34N4OS2. The predicted octanol–water partition coefficient (Wildman–Crippen LogP) is 5.10. The van der Waals surface area contributed by atoms with E-state index in [1.807, 2.05) is 42.4 Å². The number of hydrogen-bond donors (Lipinski definition) is 2. The van der Waals surface area contributed by atoms with Crippen LogP contribution >= 0.6 is 23.5 Å². The summed E-state index contributed by atoms with van der Waals surface area (Å²) < 4.78 is 5.76. The van der Waals surface area contributed by atoms with Crippen molar-refractivity contribution in [2.45, 2.75) is 24.3 Å². The molecule has 1 saturated heterocycles. The molecule has 1 aliphatic heterocycles. The molecule has 32 heavy (non-hydrogen) atoms. The maximum absolute atomic E-state index is 8.51. The number of rotatable bonds is 10. The third-order valence-corrected chi connectivity index (χ3v) is 7.41. The Hall–Kier alpha value is -2.09. The Kier molecular flexibility index (Phi) is 9.84. The smallest absolute Gasteiger partial charge is 0.129 e. The zero-order valence-electron chi connectivity index (χ0n) is 19.0. The van der Waals surface area contributed by atoms with Gasteiger partial charge >= 0.3 is 0 Å². The Morgan fingerprint density at radius 1 is 1.16 bits per heavy atom. The second kappa shape index (κ2) is 12.8. The lowest BCUT2D eigenvalue weighted by Crippen LogP contribution is -2.35. The van der Waals surface area contributed by atoms with Crippen LogP contribution in [0.4, 0.5) is 0 Å². The van der Waals surface area contributed by atoms with Crippen molar-refractivity contribution in [1.82, 2.24) is 9.80 Å². The summed E-state index contributed by atoms with van der Waals surface area (Å²) in [7, 11) is 1.99. The summed E-state index contributed by atoms with van der Waals surface area (Å²) in [5.74, 6) is 1.90. The number of ether oxygens (including phenoxy) is 1. The molecule has 0 aliphatic carbocycles. The Morgan fingerprint density at radius 3 is 2.50 bits per heavy atom. The minimum atomic E-state index is 0.352. The van der Waals surface area contributed by atoms with Crippen molar-refractivity contribution in [2.75, 3.05) is 38.9 Å². The number of likely N-dealkylation sites (tertiary alicyclic amines) is 1. The molecule has 2 aromatic carbocycles. The molecule has 0 aromatic heterocycles. The van der Waals surface area contributed by atoms with E-state index in [-0.39, 0.29) is 0 Å². The number of nitrogens with zero attached hydrogens (tertiary/aromatic N) is 2. The van der Waals surface area contributed by atoms with Gasteiger partial charge in [-0.15, -0.1) is 11.8 Å². The molecular weight excluding hydrogens is 436 g/mol. The van der Waals surface area contributed by atoms with Gasteiger partial charge in [-0.25, -0.2) is 0 Å². The molecule has 0 atom stereocenters. The number of nitrogens with one attached hydrogen (secondary N) is 1. The molecule has 0 bridgehead atoms. The first kappa shape index (κ1) is 24.6. The summed E-state index contributed by atoms with van der Waals surface area (Å²) >= 11 is 3.31. The Morgan fingerprint density at radius 2 is 1.84 bits per heavy atom. The van der Waals surface area contributed by atoms with Gasteiger partial charge in [-0.2, -0.15) is 0 Å². The van der Waals surface area contributed by atoms with E-state index in [0.717, 1.165) is 43.3 Å². The lowest BCUT2D eigenvalue weighted by molar-refractivity contribution is 0.202. The maximum atomic E-state index is 8.51. The minimum Gasteiger partial charge on any atom is -0.487 e. The van der Waals surface area contributed by atoms with E-state index in [4.69, 9.17) is 15.9 Å². The van der Waals surface area contributed by atoms with Gasteiger partial charge < -0.3 is 15.4 Å². The zero-order valence-corrected chi connectivity index (χ0v) is 20.6. The van der Waals surface area contributed by atoms with E-state index in [1.165, 1.54) is 10.5 Å². The van der Waals surface area contributed by atoms with Crippen LogP contribution in [0.1, 0.15) is 18.4 Å². The van der Waals surface area contributed by atoms with Gasteiger partial charge in [0, 0.05) is 30.6 Å². The van der Waals surface area contributed by atoms with Crippen LogP contribution in [0.2, 0.25) is 0 Å². The number of hydrogen-bond acceptors (Lipinski definition) is 7. The number of piperidine rings is 1. The van der Waals surface area contributed by atoms with Gasteiger partial charge in [0.05, 0.1) is 16.6 Å². The molecule has 1 aliphatic rings. The maximum Gasteiger partial charge on any atom is 0.129 e. The first-order valence-corrected chi connectivity index (χ1v) is 13.2. The minimum absolute atomic E-state index is 0.352. The van der Waals surface area contributed by atoms with Crippen LogP contribution in [0, 0.1) is 11.3 Å². The SMILES string of the molecule is CSc1ccc(OC/C(N)=C/N(C)CSC(=N)C2CCN(Cc3ccccc3)CC2)cc1. The fraction of sp³-hybridized carbons (Fsp3) is 0.400. The molecule has 7 heteroatoms. The van der Waals surface area contributed by atoms with E-state index >= 15 is 0 Å². The molecule has 172 valence electrons. The molecule has 3 rings (SSSR count). The average Bonchev–Trinajstić information content (AvgIpc) is 2.82. The van der Waals surface area contributed by atoms with Crippen LogP contribution < -0.4 is 10.5 Å². The van der Waals surface area contributed by atoms with Crippen LogP contribution in [0.25, 0.3) is 0 Å². The summed E-state index contributed by atoms with van der Waals surface area (Å²) in [4.78, 5) is 5.73. The number of thioether (sulfide) groups is 2. The highest BCUT2D eigenvalue weighted by Gasteiger charge is 2.23. The first-order valence-electron chi connectivity index (χ1n) is 10.9. The predicted molar refractivity (Wildman–Crippen MR) is 138 cm³/mol. The second-order valence-corrected chi connectivity index (χ2v) is 9.97. The quantitative estimate of drug-likeness (QED) is 0.218. The van der Waals surface area contributed by atoms with Gasteiger partial charge in [-0.3, -0.25) is 10.3 Å². The van der Waals surface area contributed by atoms with Crippen molar-refractivity contribution < 1.29 is 4.74 Å². The summed E-state index contributed by atoms with van der Waals surface area (Å²) in [6.07, 6.45) is 6.07. The largest absolute Gasteiger partial charge is 0.487 e. The molecule has 2 aromatic rings. The van der Waals surface area contributed by atoms with Crippen molar-refractivity contribution in [1.29, 1.82) is 5.41 Å². The van der Waals surface area contributed by atoms with Gasteiger partial charge in [0.25, 0.3) is 0 Å². The van der Waals surface area contributed by atoms with Crippen molar-refractivity contribution in [3.05, 3.63) is 72.1 Å². The van der Waals surface area contributed by atoms with Gasteiger partial charge in [0.15, 0.2) is 0 Å². The normalized spacial score (nSPS) is 15.5. The monoisotopic (exact) mass is 470 g/mol. The van der Waals surface area contributed by atoms with E-state index in [9.17, 15) is 0 Å². The fourth-order valence-corrected chi connectivity index (χ4v) is 4.98. The van der Waals surface area contributed by atoms with E-state index in [0.29, 0.717) is 24.1 Å². The van der Waals surface area contributed by atoms with Gasteiger partial charge in [0.1, 0.15) is 12.4 Å². The standard InChI is InChI=1S/C25H34N4OS2/c1-28(17-22(26)18-30-23-8-10-24(31-2)11-9-23)19-32-25(27)21-12-14-29(15-13-21)16-20-6-4-3-5-7-20/h3-11,17,21,27H,12-16,18-19,26H2,1-2H3/b22-17-,27-25?. The third-order valence-electron chi connectivity index (χ3n) is 5.48. The lowest BCUT2D eigenvalue weighted by Gasteiger charge is -2.32. The van der Waals surface area contributed by atoms with Crippen molar-refractivity contribution in [3.63, 3.8) is 0 Å². The van der Waals surface area contributed by atoms with Gasteiger partial charge in [0.2, 0.25) is 0 Å². The van der Waals surface area contributed by atoms with Crippen LogP contribution in [-0.2, 0) is 6.54 Å². The van der Waals surface area contributed by atoms with Gasteiger partial charge in [-0.05, 0) is 62.0 Å². The molecule has 0 radical (unpaired) electrons. The van der Waals surface area contributed by atoms with Crippen molar-refractivity contribution in [2.24, 2.45) is 11.7 Å². The molecule has 3 N–H and O–H groups in total. The molecule has 0 amide bonds. The Labute approximate surface area is 200 Å². The first-order chi connectivity index (χ1) is 15.5. The lowest BCUT2D eigenvalue weighted by atomic mass is 9.97. The number of nitrogens with two attached hydrogens (primary N) is 1. The number of benzene rings is 2. The summed E-state index contributed by atoms with van der Waals surface area (Å²) in [6.45, 7) is 3.47. The second-order valence-electron chi connectivity index (χ2n) is 8.10. The average molecular weight is 471 g/mol.